The summed E-state index contributed by atoms with van der Waals surface area (Å²) in [7, 11) is 1.57. The summed E-state index contributed by atoms with van der Waals surface area (Å²) in [5, 5.41) is 37.8. The first kappa shape index (κ1) is 14.4. The van der Waals surface area contributed by atoms with Gasteiger partial charge in [0.1, 0.15) is 11.6 Å². The van der Waals surface area contributed by atoms with Crippen molar-refractivity contribution in [2.75, 3.05) is 7.11 Å². The van der Waals surface area contributed by atoms with Crippen LogP contribution in [-0.2, 0) is 11.3 Å². The molecular formula is C16H12N2O3. The summed E-state index contributed by atoms with van der Waals surface area (Å²) < 4.78 is 5.06. The minimum absolute atomic E-state index is 0.122. The summed E-state index contributed by atoms with van der Waals surface area (Å²) in [5.74, 6) is -1.01. The van der Waals surface area contributed by atoms with Crippen LogP contribution >= 0.6 is 0 Å². The molecule has 2 N–H and O–H groups in total. The molecule has 0 aliphatic carbocycles. The highest BCUT2D eigenvalue weighted by Gasteiger charge is 2.19. The highest BCUT2D eigenvalue weighted by atomic mass is 16.5. The number of rotatable bonds is 3. The van der Waals surface area contributed by atoms with Gasteiger partial charge in [-0.3, -0.25) is 0 Å². The summed E-state index contributed by atoms with van der Waals surface area (Å²) in [6.45, 7) is 0.391. The van der Waals surface area contributed by atoms with Gasteiger partial charge >= 0.3 is 0 Å². The Kier molecular flexibility index (Phi) is 4.08. The number of nitriles is 2. The lowest BCUT2D eigenvalue weighted by molar-refractivity contribution is 0.185. The van der Waals surface area contributed by atoms with Gasteiger partial charge < -0.3 is 14.9 Å². The molecule has 0 bridgehead atoms. The van der Waals surface area contributed by atoms with Gasteiger partial charge in [-0.1, -0.05) is 18.2 Å². The number of ether oxygens (including phenoxy) is 1. The van der Waals surface area contributed by atoms with Crippen molar-refractivity contribution in [3.63, 3.8) is 0 Å². The van der Waals surface area contributed by atoms with E-state index >= 15 is 0 Å². The van der Waals surface area contributed by atoms with Gasteiger partial charge in [0.25, 0.3) is 0 Å². The van der Waals surface area contributed by atoms with E-state index in [2.05, 4.69) is 0 Å². The Morgan fingerprint density at radius 3 is 2.52 bits per heavy atom. The van der Waals surface area contributed by atoms with Crippen LogP contribution in [0.25, 0.3) is 11.1 Å². The molecule has 0 saturated heterocycles. The van der Waals surface area contributed by atoms with Gasteiger partial charge in [0, 0.05) is 18.7 Å². The molecule has 0 amide bonds. The van der Waals surface area contributed by atoms with Crippen LogP contribution in [0, 0.1) is 22.7 Å². The van der Waals surface area contributed by atoms with Gasteiger partial charge in [0.15, 0.2) is 11.5 Å². The average Bonchev–Trinajstić information content (AvgIpc) is 2.50. The van der Waals surface area contributed by atoms with Crippen molar-refractivity contribution in [2.45, 2.75) is 6.61 Å². The zero-order valence-electron chi connectivity index (χ0n) is 11.3. The van der Waals surface area contributed by atoms with Crippen molar-refractivity contribution in [3.8, 4) is 34.8 Å². The second kappa shape index (κ2) is 5.96. The van der Waals surface area contributed by atoms with Crippen molar-refractivity contribution in [1.82, 2.24) is 0 Å². The maximum absolute atomic E-state index is 9.83. The Hall–Kier alpha value is -3.02. The molecule has 104 valence electrons. The van der Waals surface area contributed by atoms with Gasteiger partial charge in [-0.15, -0.1) is 0 Å². The molecule has 0 heterocycles. The molecule has 0 aliphatic heterocycles. The number of phenols is 2. The predicted octanol–water partition coefficient (Wildman–Crippen LogP) is 2.65. The highest BCUT2D eigenvalue weighted by Crippen LogP contribution is 2.39. The molecule has 2 rings (SSSR count). The van der Waals surface area contributed by atoms with E-state index in [1.165, 1.54) is 0 Å². The van der Waals surface area contributed by atoms with Crippen LogP contribution in [0.15, 0.2) is 30.3 Å². The number of hydrogen-bond acceptors (Lipinski definition) is 5. The van der Waals surface area contributed by atoms with Gasteiger partial charge in [-0.25, -0.2) is 0 Å². The monoisotopic (exact) mass is 280 g/mol. The van der Waals surface area contributed by atoms with Gasteiger partial charge in [0.2, 0.25) is 0 Å². The van der Waals surface area contributed by atoms with Crippen molar-refractivity contribution >= 4 is 0 Å². The first-order valence-electron chi connectivity index (χ1n) is 6.09. The number of methoxy groups -OCH3 is 1. The number of aromatic hydroxyl groups is 2. The molecule has 21 heavy (non-hydrogen) atoms. The smallest absolute Gasteiger partial charge is 0.176 e. The second-order valence-electron chi connectivity index (χ2n) is 4.40. The molecule has 0 saturated carbocycles. The number of hydrogen-bond donors (Lipinski definition) is 2. The molecule has 5 heteroatoms. The van der Waals surface area contributed by atoms with Crippen LogP contribution < -0.4 is 0 Å². The molecule has 0 aliphatic rings. The topological polar surface area (TPSA) is 97.3 Å². The zero-order chi connectivity index (χ0) is 15.4. The first-order chi connectivity index (χ1) is 10.1. The highest BCUT2D eigenvalue weighted by molar-refractivity contribution is 5.81. The summed E-state index contributed by atoms with van der Waals surface area (Å²) >= 11 is 0. The lowest BCUT2D eigenvalue weighted by Gasteiger charge is -2.11. The Labute approximate surface area is 121 Å². The van der Waals surface area contributed by atoms with Gasteiger partial charge in [0.05, 0.1) is 18.2 Å². The standard InChI is InChI=1S/C16H12N2O3/c1-21-9-10-3-2-4-11(5-10)15-12(7-17)6-14(19)16(20)13(15)8-18/h2-6,19-20H,9H2,1H3. The molecule has 0 aromatic heterocycles. The zero-order valence-corrected chi connectivity index (χ0v) is 11.3. The Morgan fingerprint density at radius 1 is 1.14 bits per heavy atom. The van der Waals surface area contributed by atoms with E-state index in [1.54, 1.807) is 25.3 Å². The molecule has 0 fully saturated rings. The van der Waals surface area contributed by atoms with Crippen molar-refractivity contribution < 1.29 is 14.9 Å². The molecule has 0 radical (unpaired) electrons. The number of phenolic OH excluding ortho intramolecular Hbond substituents is 2. The van der Waals surface area contributed by atoms with E-state index in [0.717, 1.165) is 11.6 Å². The Bertz CT molecular complexity index is 770. The fraction of sp³-hybridized carbons (Fsp3) is 0.125. The van der Waals surface area contributed by atoms with Gasteiger partial charge in [-0.2, -0.15) is 10.5 Å². The van der Waals surface area contributed by atoms with Crippen molar-refractivity contribution in [1.29, 1.82) is 10.5 Å². The SMILES string of the molecule is COCc1cccc(-c2c(C#N)cc(O)c(O)c2C#N)c1. The third-order valence-corrected chi connectivity index (χ3v) is 3.04. The molecular weight excluding hydrogens is 268 g/mol. The molecule has 2 aromatic rings. The van der Waals surface area contributed by atoms with Crippen molar-refractivity contribution in [2.24, 2.45) is 0 Å². The molecule has 0 atom stereocenters. The van der Waals surface area contributed by atoms with Crippen LogP contribution in [0.5, 0.6) is 11.5 Å². The lowest BCUT2D eigenvalue weighted by atomic mass is 9.93. The number of benzene rings is 2. The quantitative estimate of drug-likeness (QED) is 0.842. The summed E-state index contributed by atoms with van der Waals surface area (Å²) in [5.41, 5.74) is 1.77. The third-order valence-electron chi connectivity index (χ3n) is 3.04. The fourth-order valence-electron chi connectivity index (χ4n) is 2.14. The third kappa shape index (κ3) is 2.64. The average molecular weight is 280 g/mol. The minimum atomic E-state index is -0.524. The molecule has 0 spiro atoms. The van der Waals surface area contributed by atoms with E-state index in [4.69, 9.17) is 4.74 Å². The number of nitrogens with zero attached hydrogens (tertiary/aromatic N) is 2. The van der Waals surface area contributed by atoms with Crippen LogP contribution in [-0.4, -0.2) is 17.3 Å². The van der Waals surface area contributed by atoms with Crippen molar-refractivity contribution in [3.05, 3.63) is 47.0 Å². The van der Waals surface area contributed by atoms with E-state index in [1.807, 2.05) is 18.2 Å². The maximum atomic E-state index is 9.83. The molecule has 5 nitrogen and oxygen atoms in total. The first-order valence-corrected chi connectivity index (χ1v) is 6.09. The van der Waals surface area contributed by atoms with Crippen LogP contribution in [0.3, 0.4) is 0 Å². The minimum Gasteiger partial charge on any atom is -0.504 e. The summed E-state index contributed by atoms with van der Waals surface area (Å²) in [6.07, 6.45) is 0. The Balaban J connectivity index is 2.74. The van der Waals surface area contributed by atoms with Crippen LogP contribution in [0.4, 0.5) is 0 Å². The maximum Gasteiger partial charge on any atom is 0.176 e. The lowest BCUT2D eigenvalue weighted by Crippen LogP contribution is -1.94. The normalized spacial score (nSPS) is 9.86. The van der Waals surface area contributed by atoms with E-state index < -0.39 is 11.5 Å². The van der Waals surface area contributed by atoms with Gasteiger partial charge in [-0.05, 0) is 17.2 Å². The fourth-order valence-corrected chi connectivity index (χ4v) is 2.14. The summed E-state index contributed by atoms with van der Waals surface area (Å²) in [4.78, 5) is 0. The van der Waals surface area contributed by atoms with Crippen LogP contribution in [0.2, 0.25) is 0 Å². The molecule has 2 aromatic carbocycles. The van der Waals surface area contributed by atoms with Crippen LogP contribution in [0.1, 0.15) is 16.7 Å². The second-order valence-corrected chi connectivity index (χ2v) is 4.40. The van der Waals surface area contributed by atoms with E-state index in [0.29, 0.717) is 17.7 Å². The van der Waals surface area contributed by atoms with E-state index in [-0.39, 0.29) is 11.1 Å². The Morgan fingerprint density at radius 2 is 1.90 bits per heavy atom. The largest absolute Gasteiger partial charge is 0.504 e. The predicted molar refractivity (Wildman–Crippen MR) is 75.4 cm³/mol. The summed E-state index contributed by atoms with van der Waals surface area (Å²) in [6, 6.07) is 12.0. The van der Waals surface area contributed by atoms with E-state index in [9.17, 15) is 20.7 Å². The molecule has 0 unspecified atom stereocenters.